The normalized spacial score (nSPS) is 19.0. The van der Waals surface area contributed by atoms with Gasteiger partial charge in [-0.1, -0.05) is 6.92 Å². The van der Waals surface area contributed by atoms with Gasteiger partial charge in [-0.3, -0.25) is 5.32 Å². The molecule has 1 fully saturated rings. The molecule has 0 aromatic carbocycles. The van der Waals surface area contributed by atoms with E-state index in [9.17, 15) is 18.0 Å². The molecule has 4 nitrogen and oxygen atoms in total. The van der Waals surface area contributed by atoms with Crippen LogP contribution in [0, 0.1) is 5.92 Å². The quantitative estimate of drug-likeness (QED) is 0.546. The maximum absolute atomic E-state index is 12.0. The first kappa shape index (κ1) is 16.2. The summed E-state index contributed by atoms with van der Waals surface area (Å²) < 4.78 is 45.9. The molecule has 0 aromatic rings. The van der Waals surface area contributed by atoms with Gasteiger partial charge in [0.25, 0.3) is 0 Å². The van der Waals surface area contributed by atoms with Crippen molar-refractivity contribution in [1.29, 1.82) is 0 Å². The third-order valence-corrected chi connectivity index (χ3v) is 3.18. The lowest BCUT2D eigenvalue weighted by atomic mass is 9.94. The van der Waals surface area contributed by atoms with E-state index in [1.54, 1.807) is 0 Å². The van der Waals surface area contributed by atoms with Crippen LogP contribution in [-0.4, -0.2) is 44.6 Å². The standard InChI is InChI=1S/C12H20F3NO3/c1-3-16-11(9-4-5-9,10(17)18-2)8-19-7-6-12(13,14)15/h9,16H,3-8H2,1-2H3. The number of methoxy groups -OCH3 is 1. The minimum atomic E-state index is -4.24. The fraction of sp³-hybridized carbons (Fsp3) is 0.917. The maximum atomic E-state index is 12.0. The second-order valence-corrected chi connectivity index (χ2v) is 4.69. The number of hydrogen-bond donors (Lipinski definition) is 1. The Morgan fingerprint density at radius 1 is 1.37 bits per heavy atom. The molecule has 0 aliphatic heterocycles. The molecule has 1 N–H and O–H groups in total. The van der Waals surface area contributed by atoms with Crippen molar-refractivity contribution in [2.75, 3.05) is 26.9 Å². The number of rotatable bonds is 8. The van der Waals surface area contributed by atoms with Gasteiger partial charge in [0.15, 0.2) is 0 Å². The van der Waals surface area contributed by atoms with Gasteiger partial charge in [0.2, 0.25) is 0 Å². The van der Waals surface area contributed by atoms with Crippen molar-refractivity contribution in [3.05, 3.63) is 0 Å². The zero-order valence-corrected chi connectivity index (χ0v) is 11.2. The molecule has 112 valence electrons. The highest BCUT2D eigenvalue weighted by Gasteiger charge is 2.51. The van der Waals surface area contributed by atoms with Crippen molar-refractivity contribution in [3.8, 4) is 0 Å². The number of ether oxygens (including phenoxy) is 2. The minimum Gasteiger partial charge on any atom is -0.468 e. The molecule has 1 saturated carbocycles. The number of likely N-dealkylation sites (N-methyl/N-ethyl adjacent to an activating group) is 1. The Kier molecular flexibility index (Phi) is 5.61. The summed E-state index contributed by atoms with van der Waals surface area (Å²) in [6.45, 7) is 1.82. The minimum absolute atomic E-state index is 0.0748. The first-order valence-corrected chi connectivity index (χ1v) is 6.33. The number of carbonyl (C=O) groups is 1. The Morgan fingerprint density at radius 3 is 2.42 bits per heavy atom. The van der Waals surface area contributed by atoms with Gasteiger partial charge in [-0.2, -0.15) is 13.2 Å². The fourth-order valence-electron chi connectivity index (χ4n) is 2.11. The maximum Gasteiger partial charge on any atom is 0.391 e. The van der Waals surface area contributed by atoms with E-state index in [0.717, 1.165) is 12.8 Å². The molecule has 19 heavy (non-hydrogen) atoms. The van der Waals surface area contributed by atoms with Crippen LogP contribution in [0.25, 0.3) is 0 Å². The van der Waals surface area contributed by atoms with E-state index in [1.807, 2.05) is 6.92 Å². The molecule has 1 aliphatic carbocycles. The van der Waals surface area contributed by atoms with E-state index in [4.69, 9.17) is 9.47 Å². The van der Waals surface area contributed by atoms with Crippen LogP contribution in [0.4, 0.5) is 13.2 Å². The SMILES string of the molecule is CCNC(COCCC(F)(F)F)(C(=O)OC)C1CC1. The molecule has 7 heteroatoms. The highest BCUT2D eigenvalue weighted by Crippen LogP contribution is 2.40. The first-order valence-electron chi connectivity index (χ1n) is 6.33. The third-order valence-electron chi connectivity index (χ3n) is 3.18. The van der Waals surface area contributed by atoms with E-state index in [1.165, 1.54) is 7.11 Å². The number of carbonyl (C=O) groups excluding carboxylic acids is 1. The van der Waals surface area contributed by atoms with E-state index in [2.05, 4.69) is 5.32 Å². The van der Waals surface area contributed by atoms with Crippen LogP contribution in [0.15, 0.2) is 0 Å². The molecular formula is C12H20F3NO3. The lowest BCUT2D eigenvalue weighted by Crippen LogP contribution is -2.58. The second kappa shape index (κ2) is 6.56. The van der Waals surface area contributed by atoms with Crippen molar-refractivity contribution in [2.45, 2.75) is 37.9 Å². The van der Waals surface area contributed by atoms with Crippen LogP contribution < -0.4 is 5.32 Å². The van der Waals surface area contributed by atoms with Crippen LogP contribution in [0.5, 0.6) is 0 Å². The van der Waals surface area contributed by atoms with Crippen LogP contribution >= 0.6 is 0 Å². The number of hydrogen-bond acceptors (Lipinski definition) is 4. The highest BCUT2D eigenvalue weighted by atomic mass is 19.4. The highest BCUT2D eigenvalue weighted by molar-refractivity contribution is 5.82. The summed E-state index contributed by atoms with van der Waals surface area (Å²) in [5.74, 6) is -0.394. The van der Waals surface area contributed by atoms with Gasteiger partial charge in [0, 0.05) is 0 Å². The first-order chi connectivity index (χ1) is 8.85. The molecule has 0 radical (unpaired) electrons. The predicted octanol–water partition coefficient (Wildman–Crippen LogP) is 1.89. The Labute approximate surface area is 110 Å². The molecule has 1 rings (SSSR count). The van der Waals surface area contributed by atoms with E-state index < -0.39 is 30.7 Å². The lowest BCUT2D eigenvalue weighted by Gasteiger charge is -2.31. The molecule has 0 saturated heterocycles. The van der Waals surface area contributed by atoms with Gasteiger partial charge < -0.3 is 9.47 Å². The smallest absolute Gasteiger partial charge is 0.391 e. The summed E-state index contributed by atoms with van der Waals surface area (Å²) in [7, 11) is 1.27. The molecule has 0 heterocycles. The van der Waals surface area contributed by atoms with Gasteiger partial charge in [-0.15, -0.1) is 0 Å². The predicted molar refractivity (Wildman–Crippen MR) is 62.6 cm³/mol. The summed E-state index contributed by atoms with van der Waals surface area (Å²) in [4.78, 5) is 11.9. The summed E-state index contributed by atoms with van der Waals surface area (Å²) in [5, 5.41) is 3.03. The molecular weight excluding hydrogens is 263 g/mol. The van der Waals surface area contributed by atoms with Crippen LogP contribution in [0.1, 0.15) is 26.2 Å². The third kappa shape index (κ3) is 4.65. The molecule has 0 amide bonds. The van der Waals surface area contributed by atoms with Gasteiger partial charge in [-0.05, 0) is 25.3 Å². The zero-order chi connectivity index (χ0) is 14.5. The largest absolute Gasteiger partial charge is 0.468 e. The monoisotopic (exact) mass is 283 g/mol. The summed E-state index contributed by atoms with van der Waals surface area (Å²) >= 11 is 0. The van der Waals surface area contributed by atoms with E-state index >= 15 is 0 Å². The van der Waals surface area contributed by atoms with Crippen molar-refractivity contribution in [3.63, 3.8) is 0 Å². The lowest BCUT2D eigenvalue weighted by molar-refractivity contribution is -0.157. The van der Waals surface area contributed by atoms with Gasteiger partial charge in [0.05, 0.1) is 26.7 Å². The second-order valence-electron chi connectivity index (χ2n) is 4.69. The fourth-order valence-corrected chi connectivity index (χ4v) is 2.11. The average Bonchev–Trinajstić information content (AvgIpc) is 3.15. The van der Waals surface area contributed by atoms with Gasteiger partial charge in [-0.25, -0.2) is 4.79 Å². The molecule has 1 atom stereocenters. The van der Waals surface area contributed by atoms with Crippen LogP contribution in [0.3, 0.4) is 0 Å². The summed E-state index contributed by atoms with van der Waals surface area (Å²) in [6.07, 6.45) is -3.55. The summed E-state index contributed by atoms with van der Waals surface area (Å²) in [5.41, 5.74) is -1.00. The Bertz CT molecular complexity index is 305. The van der Waals surface area contributed by atoms with E-state index in [0.29, 0.717) is 6.54 Å². The van der Waals surface area contributed by atoms with Crippen molar-refractivity contribution in [2.24, 2.45) is 5.92 Å². The zero-order valence-electron chi connectivity index (χ0n) is 11.2. The molecule has 0 bridgehead atoms. The van der Waals surface area contributed by atoms with Crippen molar-refractivity contribution < 1.29 is 27.4 Å². The average molecular weight is 283 g/mol. The van der Waals surface area contributed by atoms with Crippen molar-refractivity contribution >= 4 is 5.97 Å². The van der Waals surface area contributed by atoms with Crippen molar-refractivity contribution in [1.82, 2.24) is 5.32 Å². The molecule has 1 unspecified atom stereocenters. The summed E-state index contributed by atoms with van der Waals surface area (Å²) in [6, 6.07) is 0. The Balaban J connectivity index is 2.56. The van der Waals surface area contributed by atoms with Gasteiger partial charge >= 0.3 is 12.1 Å². The van der Waals surface area contributed by atoms with E-state index in [-0.39, 0.29) is 12.5 Å². The number of nitrogens with one attached hydrogen (secondary N) is 1. The topological polar surface area (TPSA) is 47.6 Å². The van der Waals surface area contributed by atoms with Gasteiger partial charge in [0.1, 0.15) is 5.54 Å². The molecule has 1 aliphatic rings. The van der Waals surface area contributed by atoms with Crippen LogP contribution in [0.2, 0.25) is 0 Å². The Morgan fingerprint density at radius 2 is 2.00 bits per heavy atom. The number of halogens is 3. The molecule has 0 spiro atoms. The number of alkyl halides is 3. The number of esters is 1. The van der Waals surface area contributed by atoms with Crippen LogP contribution in [-0.2, 0) is 14.3 Å². The Hall–Kier alpha value is -0.820. The molecule has 0 aromatic heterocycles.